The predicted molar refractivity (Wildman–Crippen MR) is 74.3 cm³/mol. The predicted octanol–water partition coefficient (Wildman–Crippen LogP) is 3.17. The standard InChI is InChI=1S/C15H24N2O/c1-18-15-10-6-5-9-13(15)14(17-16)11-12-7-3-2-4-8-12/h5-6,9-10,12,14,17H,2-4,7-8,11,16H2,1H3. The van der Waals surface area contributed by atoms with Crippen molar-refractivity contribution in [1.82, 2.24) is 5.43 Å². The zero-order chi connectivity index (χ0) is 12.8. The number of nitrogens with two attached hydrogens (primary N) is 1. The third-order valence-corrected chi connectivity index (χ3v) is 4.01. The Hall–Kier alpha value is -1.06. The van der Waals surface area contributed by atoms with Crippen molar-refractivity contribution in [2.75, 3.05) is 7.11 Å². The van der Waals surface area contributed by atoms with Crippen LogP contribution in [0.25, 0.3) is 0 Å². The van der Waals surface area contributed by atoms with Crippen LogP contribution < -0.4 is 16.0 Å². The van der Waals surface area contributed by atoms with Crippen LogP contribution in [0.4, 0.5) is 0 Å². The van der Waals surface area contributed by atoms with Gasteiger partial charge in [-0.15, -0.1) is 0 Å². The van der Waals surface area contributed by atoms with Crippen molar-refractivity contribution in [3.05, 3.63) is 29.8 Å². The Morgan fingerprint density at radius 1 is 1.28 bits per heavy atom. The number of hydrogen-bond acceptors (Lipinski definition) is 3. The van der Waals surface area contributed by atoms with Gasteiger partial charge < -0.3 is 4.74 Å². The van der Waals surface area contributed by atoms with Crippen LogP contribution in [0.3, 0.4) is 0 Å². The summed E-state index contributed by atoms with van der Waals surface area (Å²) in [6.45, 7) is 0. The monoisotopic (exact) mass is 248 g/mol. The van der Waals surface area contributed by atoms with Gasteiger partial charge in [-0.1, -0.05) is 50.3 Å². The molecule has 1 aliphatic rings. The maximum atomic E-state index is 5.74. The highest BCUT2D eigenvalue weighted by atomic mass is 16.5. The lowest BCUT2D eigenvalue weighted by Gasteiger charge is -2.27. The molecule has 0 bridgehead atoms. The minimum absolute atomic E-state index is 0.198. The van der Waals surface area contributed by atoms with Gasteiger partial charge in [0.25, 0.3) is 0 Å². The molecule has 3 heteroatoms. The number of methoxy groups -OCH3 is 1. The van der Waals surface area contributed by atoms with E-state index in [0.29, 0.717) is 0 Å². The van der Waals surface area contributed by atoms with Crippen LogP contribution in [0, 0.1) is 5.92 Å². The number of nitrogens with one attached hydrogen (secondary N) is 1. The van der Waals surface area contributed by atoms with Gasteiger partial charge in [-0.25, -0.2) is 0 Å². The molecule has 18 heavy (non-hydrogen) atoms. The number of rotatable bonds is 5. The summed E-state index contributed by atoms with van der Waals surface area (Å²) in [4.78, 5) is 0. The van der Waals surface area contributed by atoms with Crippen LogP contribution >= 0.6 is 0 Å². The van der Waals surface area contributed by atoms with E-state index in [2.05, 4.69) is 11.5 Å². The molecule has 0 aromatic heterocycles. The van der Waals surface area contributed by atoms with Gasteiger partial charge >= 0.3 is 0 Å². The van der Waals surface area contributed by atoms with Crippen molar-refractivity contribution in [2.45, 2.75) is 44.6 Å². The van der Waals surface area contributed by atoms with E-state index < -0.39 is 0 Å². The van der Waals surface area contributed by atoms with Crippen LogP contribution in [0.15, 0.2) is 24.3 Å². The van der Waals surface area contributed by atoms with Crippen molar-refractivity contribution in [1.29, 1.82) is 0 Å². The summed E-state index contributed by atoms with van der Waals surface area (Å²) in [5.41, 5.74) is 4.13. The van der Waals surface area contributed by atoms with Crippen LogP contribution in [0.1, 0.15) is 50.1 Å². The molecule has 0 spiro atoms. The molecule has 0 aliphatic heterocycles. The fourth-order valence-corrected chi connectivity index (χ4v) is 3.00. The Kier molecular flexibility index (Phi) is 5.02. The number of hydrazine groups is 1. The number of para-hydroxylation sites is 1. The summed E-state index contributed by atoms with van der Waals surface area (Å²) < 4.78 is 5.42. The van der Waals surface area contributed by atoms with E-state index in [4.69, 9.17) is 10.6 Å². The lowest BCUT2D eigenvalue weighted by molar-refractivity contribution is 0.296. The summed E-state index contributed by atoms with van der Waals surface area (Å²) in [7, 11) is 1.72. The second-order valence-electron chi connectivity index (χ2n) is 5.20. The Labute approximate surface area is 110 Å². The first-order valence-electron chi connectivity index (χ1n) is 6.94. The average molecular weight is 248 g/mol. The van der Waals surface area contributed by atoms with Gasteiger partial charge in [0.1, 0.15) is 5.75 Å². The SMILES string of the molecule is COc1ccccc1C(CC1CCCCC1)NN. The Morgan fingerprint density at radius 2 is 2.00 bits per heavy atom. The molecule has 0 heterocycles. The van der Waals surface area contributed by atoms with Crippen LogP contribution in [0.5, 0.6) is 5.75 Å². The largest absolute Gasteiger partial charge is 0.496 e. The quantitative estimate of drug-likeness (QED) is 0.621. The fraction of sp³-hybridized carbons (Fsp3) is 0.600. The van der Waals surface area contributed by atoms with Crippen molar-refractivity contribution in [3.63, 3.8) is 0 Å². The van der Waals surface area contributed by atoms with Crippen LogP contribution in [0.2, 0.25) is 0 Å². The fourth-order valence-electron chi connectivity index (χ4n) is 3.00. The molecule has 1 aromatic rings. The second-order valence-corrected chi connectivity index (χ2v) is 5.20. The highest BCUT2D eigenvalue weighted by Crippen LogP contribution is 2.34. The molecule has 1 aliphatic carbocycles. The third kappa shape index (κ3) is 3.24. The minimum Gasteiger partial charge on any atom is -0.496 e. The van der Waals surface area contributed by atoms with Crippen molar-refractivity contribution in [3.8, 4) is 5.75 Å². The van der Waals surface area contributed by atoms with E-state index in [-0.39, 0.29) is 6.04 Å². The van der Waals surface area contributed by atoms with Gasteiger partial charge in [-0.05, 0) is 18.4 Å². The Bertz CT molecular complexity index is 361. The number of benzene rings is 1. The smallest absolute Gasteiger partial charge is 0.123 e. The van der Waals surface area contributed by atoms with Crippen molar-refractivity contribution < 1.29 is 4.74 Å². The topological polar surface area (TPSA) is 47.3 Å². The zero-order valence-electron chi connectivity index (χ0n) is 11.2. The van der Waals surface area contributed by atoms with Gasteiger partial charge in [-0.3, -0.25) is 11.3 Å². The average Bonchev–Trinajstić information content (AvgIpc) is 2.46. The lowest BCUT2D eigenvalue weighted by Crippen LogP contribution is -2.30. The van der Waals surface area contributed by atoms with Crippen LogP contribution in [-0.2, 0) is 0 Å². The van der Waals surface area contributed by atoms with E-state index in [1.54, 1.807) is 7.11 Å². The molecular weight excluding hydrogens is 224 g/mol. The van der Waals surface area contributed by atoms with Crippen LogP contribution in [-0.4, -0.2) is 7.11 Å². The summed E-state index contributed by atoms with van der Waals surface area (Å²) in [6, 6.07) is 8.34. The molecule has 1 aromatic carbocycles. The normalized spacial score (nSPS) is 18.6. The Balaban J connectivity index is 2.07. The van der Waals surface area contributed by atoms with Gasteiger partial charge in [-0.2, -0.15) is 0 Å². The molecule has 1 unspecified atom stereocenters. The molecule has 0 saturated heterocycles. The van der Waals surface area contributed by atoms with E-state index >= 15 is 0 Å². The van der Waals surface area contributed by atoms with E-state index in [0.717, 1.165) is 18.1 Å². The third-order valence-electron chi connectivity index (χ3n) is 4.01. The highest BCUT2D eigenvalue weighted by Gasteiger charge is 2.21. The first-order valence-corrected chi connectivity index (χ1v) is 6.94. The summed E-state index contributed by atoms with van der Waals surface area (Å²) in [6.07, 6.45) is 7.92. The maximum Gasteiger partial charge on any atom is 0.123 e. The van der Waals surface area contributed by atoms with Crippen molar-refractivity contribution in [2.24, 2.45) is 11.8 Å². The molecule has 0 amide bonds. The van der Waals surface area contributed by atoms with Gasteiger partial charge in [0, 0.05) is 11.6 Å². The molecule has 1 fully saturated rings. The molecule has 0 radical (unpaired) electrons. The van der Waals surface area contributed by atoms with Gasteiger partial charge in [0.15, 0.2) is 0 Å². The molecule has 3 N–H and O–H groups in total. The summed E-state index contributed by atoms with van der Waals surface area (Å²) >= 11 is 0. The minimum atomic E-state index is 0.198. The molecular formula is C15H24N2O. The summed E-state index contributed by atoms with van der Waals surface area (Å²) in [5.74, 6) is 7.46. The van der Waals surface area contributed by atoms with E-state index in [1.807, 2.05) is 18.2 Å². The summed E-state index contributed by atoms with van der Waals surface area (Å²) in [5, 5.41) is 0. The van der Waals surface area contributed by atoms with Gasteiger partial charge in [0.2, 0.25) is 0 Å². The van der Waals surface area contributed by atoms with Gasteiger partial charge in [0.05, 0.1) is 7.11 Å². The lowest BCUT2D eigenvalue weighted by atomic mass is 9.83. The first kappa shape index (κ1) is 13.4. The molecule has 1 atom stereocenters. The molecule has 1 saturated carbocycles. The number of hydrogen-bond donors (Lipinski definition) is 2. The van der Waals surface area contributed by atoms with E-state index in [1.165, 1.54) is 37.7 Å². The maximum absolute atomic E-state index is 5.74. The Morgan fingerprint density at radius 3 is 2.67 bits per heavy atom. The molecule has 100 valence electrons. The number of ether oxygens (including phenoxy) is 1. The molecule has 3 nitrogen and oxygen atoms in total. The first-order chi connectivity index (χ1) is 8.85. The highest BCUT2D eigenvalue weighted by molar-refractivity contribution is 5.35. The second kappa shape index (κ2) is 6.76. The zero-order valence-corrected chi connectivity index (χ0v) is 11.2. The van der Waals surface area contributed by atoms with E-state index in [9.17, 15) is 0 Å². The van der Waals surface area contributed by atoms with Crippen molar-refractivity contribution >= 4 is 0 Å². The molecule has 2 rings (SSSR count).